The van der Waals surface area contributed by atoms with E-state index in [2.05, 4.69) is 27.0 Å². The van der Waals surface area contributed by atoms with Crippen LogP contribution in [0, 0.1) is 0 Å². The number of epoxide rings is 2. The van der Waals surface area contributed by atoms with Crippen molar-refractivity contribution in [1.82, 2.24) is 0 Å². The van der Waals surface area contributed by atoms with E-state index in [0.29, 0.717) is 0 Å². The lowest BCUT2D eigenvalue weighted by Crippen LogP contribution is -2.48. The van der Waals surface area contributed by atoms with Crippen LogP contribution in [0.2, 0.25) is 0 Å². The summed E-state index contributed by atoms with van der Waals surface area (Å²) in [7, 11) is 0. The van der Waals surface area contributed by atoms with Gasteiger partial charge < -0.3 is 14.2 Å². The van der Waals surface area contributed by atoms with E-state index >= 15 is 0 Å². The van der Waals surface area contributed by atoms with E-state index in [0.717, 1.165) is 26.1 Å². The molecule has 2 saturated heterocycles. The smallest absolute Gasteiger partial charge is 0.115 e. The Kier molecular flexibility index (Phi) is 3.43. The molecule has 17 heavy (non-hydrogen) atoms. The molecule has 0 bridgehead atoms. The summed E-state index contributed by atoms with van der Waals surface area (Å²) in [4.78, 5) is 0. The second-order valence-corrected chi connectivity index (χ2v) is 4.77. The van der Waals surface area contributed by atoms with Crippen LogP contribution in [-0.4, -0.2) is 36.6 Å². The molecule has 0 amide bonds. The molecule has 0 radical (unpaired) electrons. The normalized spacial score (nSPS) is 33.3. The first-order valence-corrected chi connectivity index (χ1v) is 6.37. The first-order valence-electron chi connectivity index (χ1n) is 6.37. The molecule has 0 aromatic carbocycles. The molecule has 0 N–H and O–H groups in total. The van der Waals surface area contributed by atoms with Crippen molar-refractivity contribution in [2.24, 2.45) is 0 Å². The van der Waals surface area contributed by atoms with Crippen LogP contribution in [0.4, 0.5) is 0 Å². The summed E-state index contributed by atoms with van der Waals surface area (Å²) in [6.45, 7) is 13.5. The summed E-state index contributed by atoms with van der Waals surface area (Å²) >= 11 is 0. The van der Waals surface area contributed by atoms with E-state index in [1.807, 2.05) is 12.2 Å². The second-order valence-electron chi connectivity index (χ2n) is 4.77. The number of rotatable bonds is 8. The van der Waals surface area contributed by atoms with Crippen molar-refractivity contribution in [3.63, 3.8) is 0 Å². The Morgan fingerprint density at radius 1 is 1.06 bits per heavy atom. The van der Waals surface area contributed by atoms with Crippen LogP contribution in [0.15, 0.2) is 25.3 Å². The zero-order valence-corrected chi connectivity index (χ0v) is 10.8. The average molecular weight is 238 g/mol. The van der Waals surface area contributed by atoms with E-state index in [1.54, 1.807) is 0 Å². The maximum absolute atomic E-state index is 6.38. The van der Waals surface area contributed by atoms with Crippen molar-refractivity contribution >= 4 is 0 Å². The van der Waals surface area contributed by atoms with Crippen LogP contribution >= 0.6 is 0 Å². The molecule has 3 heteroatoms. The molecule has 0 spiro atoms. The average Bonchev–Trinajstić information content (AvgIpc) is 3.21. The van der Waals surface area contributed by atoms with Crippen LogP contribution in [0.5, 0.6) is 0 Å². The molecule has 0 aromatic heterocycles. The predicted octanol–water partition coefficient (Wildman–Crippen LogP) is 2.47. The lowest BCUT2D eigenvalue weighted by Gasteiger charge is -2.39. The van der Waals surface area contributed by atoms with Gasteiger partial charge in [-0.15, -0.1) is 13.2 Å². The summed E-state index contributed by atoms with van der Waals surface area (Å²) in [5, 5.41) is 0. The highest BCUT2D eigenvalue weighted by Crippen LogP contribution is 2.42. The Morgan fingerprint density at radius 3 is 1.59 bits per heavy atom. The van der Waals surface area contributed by atoms with E-state index in [9.17, 15) is 0 Å². The third-order valence-corrected chi connectivity index (χ3v) is 3.93. The predicted molar refractivity (Wildman–Crippen MR) is 67.0 cm³/mol. The van der Waals surface area contributed by atoms with Gasteiger partial charge in [0.05, 0.1) is 13.2 Å². The fraction of sp³-hybridized carbons (Fsp3) is 0.714. The minimum Gasteiger partial charge on any atom is -0.370 e. The SMILES string of the molecule is C=CC(CC)(OC(C=C)(CC)C1CO1)C1CO1. The summed E-state index contributed by atoms with van der Waals surface area (Å²) in [6.07, 6.45) is 5.72. The minimum atomic E-state index is -0.407. The lowest BCUT2D eigenvalue weighted by molar-refractivity contribution is -0.132. The maximum Gasteiger partial charge on any atom is 0.115 e. The molecule has 96 valence electrons. The van der Waals surface area contributed by atoms with Gasteiger partial charge in [0.1, 0.15) is 23.4 Å². The lowest BCUT2D eigenvalue weighted by atomic mass is 9.91. The van der Waals surface area contributed by atoms with Gasteiger partial charge in [-0.3, -0.25) is 0 Å². The highest BCUT2D eigenvalue weighted by molar-refractivity contribution is 5.14. The third kappa shape index (κ3) is 2.19. The van der Waals surface area contributed by atoms with Gasteiger partial charge in [-0.1, -0.05) is 26.0 Å². The van der Waals surface area contributed by atoms with Crippen molar-refractivity contribution in [3.05, 3.63) is 25.3 Å². The quantitative estimate of drug-likeness (QED) is 0.481. The van der Waals surface area contributed by atoms with E-state index in [4.69, 9.17) is 14.2 Å². The number of hydrogen-bond donors (Lipinski definition) is 0. The van der Waals surface area contributed by atoms with Gasteiger partial charge in [-0.2, -0.15) is 0 Å². The molecule has 2 aliphatic heterocycles. The van der Waals surface area contributed by atoms with E-state index in [-0.39, 0.29) is 12.2 Å². The summed E-state index contributed by atoms with van der Waals surface area (Å²) in [6, 6.07) is 0. The van der Waals surface area contributed by atoms with Crippen molar-refractivity contribution in [1.29, 1.82) is 0 Å². The topological polar surface area (TPSA) is 34.3 Å². The van der Waals surface area contributed by atoms with Gasteiger partial charge >= 0.3 is 0 Å². The molecule has 2 rings (SSSR count). The Morgan fingerprint density at radius 2 is 1.41 bits per heavy atom. The summed E-state index contributed by atoms with van der Waals surface area (Å²) in [5.41, 5.74) is -0.813. The Hall–Kier alpha value is -0.640. The molecular weight excluding hydrogens is 216 g/mol. The molecule has 4 unspecified atom stereocenters. The molecular formula is C14H22O3. The van der Waals surface area contributed by atoms with Crippen molar-refractivity contribution in [2.45, 2.75) is 50.1 Å². The molecule has 2 aliphatic rings. The Bertz CT molecular complexity index is 277. The minimum absolute atomic E-state index is 0.134. The van der Waals surface area contributed by atoms with Gasteiger partial charge in [0.15, 0.2) is 0 Å². The Labute approximate surface area is 103 Å². The van der Waals surface area contributed by atoms with E-state index < -0.39 is 11.2 Å². The molecule has 3 nitrogen and oxygen atoms in total. The molecule has 0 aromatic rings. The molecule has 4 atom stereocenters. The van der Waals surface area contributed by atoms with Gasteiger partial charge in [0.25, 0.3) is 0 Å². The number of hydrogen-bond acceptors (Lipinski definition) is 3. The van der Waals surface area contributed by atoms with Gasteiger partial charge in [0, 0.05) is 0 Å². The third-order valence-electron chi connectivity index (χ3n) is 3.93. The first-order chi connectivity index (χ1) is 8.16. The molecule has 0 aliphatic carbocycles. The zero-order chi connectivity index (χ0) is 12.5. The highest BCUT2D eigenvalue weighted by Gasteiger charge is 2.53. The number of ether oxygens (including phenoxy) is 3. The van der Waals surface area contributed by atoms with Crippen molar-refractivity contribution < 1.29 is 14.2 Å². The zero-order valence-electron chi connectivity index (χ0n) is 10.8. The largest absolute Gasteiger partial charge is 0.370 e. The molecule has 0 saturated carbocycles. The van der Waals surface area contributed by atoms with Crippen LogP contribution in [-0.2, 0) is 14.2 Å². The van der Waals surface area contributed by atoms with Gasteiger partial charge in [-0.05, 0) is 12.8 Å². The van der Waals surface area contributed by atoms with Crippen LogP contribution in [0.1, 0.15) is 26.7 Å². The highest BCUT2D eigenvalue weighted by atomic mass is 16.6. The summed E-state index contributed by atoms with van der Waals surface area (Å²) in [5.74, 6) is 0. The van der Waals surface area contributed by atoms with Crippen LogP contribution < -0.4 is 0 Å². The fourth-order valence-electron chi connectivity index (χ4n) is 2.38. The monoisotopic (exact) mass is 238 g/mol. The van der Waals surface area contributed by atoms with Gasteiger partial charge in [0.2, 0.25) is 0 Å². The van der Waals surface area contributed by atoms with Gasteiger partial charge in [-0.25, -0.2) is 0 Å². The maximum atomic E-state index is 6.38. The summed E-state index contributed by atoms with van der Waals surface area (Å²) < 4.78 is 17.2. The van der Waals surface area contributed by atoms with Crippen molar-refractivity contribution in [2.75, 3.05) is 13.2 Å². The molecule has 2 fully saturated rings. The second kappa shape index (κ2) is 4.56. The van der Waals surface area contributed by atoms with Crippen LogP contribution in [0.25, 0.3) is 0 Å². The fourth-order valence-corrected chi connectivity index (χ4v) is 2.38. The molecule has 2 heterocycles. The standard InChI is InChI=1S/C14H22O3/c1-5-13(6-2,11-9-15-11)17-14(7-3,8-4)12-10-16-12/h5,7,11-12H,1,3,6,8-10H2,2,4H3. The van der Waals surface area contributed by atoms with E-state index in [1.165, 1.54) is 0 Å². The van der Waals surface area contributed by atoms with Crippen molar-refractivity contribution in [3.8, 4) is 0 Å². The van der Waals surface area contributed by atoms with Crippen LogP contribution in [0.3, 0.4) is 0 Å². The first kappa shape index (κ1) is 12.8. The Balaban J connectivity index is 2.19.